The first-order valence-corrected chi connectivity index (χ1v) is 3.47. The molecule has 0 bridgehead atoms. The van der Waals surface area contributed by atoms with E-state index in [4.69, 9.17) is 0 Å². The van der Waals surface area contributed by atoms with Gasteiger partial charge in [0.1, 0.15) is 0 Å². The first-order chi connectivity index (χ1) is 4.88. The predicted octanol–water partition coefficient (Wildman–Crippen LogP) is 1.58. The molecule has 1 aliphatic heterocycles. The smallest absolute Gasteiger partial charge is 0.0635 e. The van der Waals surface area contributed by atoms with Crippen molar-refractivity contribution in [3.8, 4) is 0 Å². The minimum Gasteiger partial charge on any atom is -0.382 e. The molecule has 0 radical (unpaired) electrons. The van der Waals surface area contributed by atoms with Crippen LogP contribution in [0.3, 0.4) is 0 Å². The maximum Gasteiger partial charge on any atom is 0.0635 e. The third-order valence-corrected chi connectivity index (χ3v) is 1.84. The van der Waals surface area contributed by atoms with Gasteiger partial charge in [-0.25, -0.2) is 0 Å². The summed E-state index contributed by atoms with van der Waals surface area (Å²) in [6.07, 6.45) is 6.05. The molecular formula is C8H10N2. The molecule has 0 saturated heterocycles. The summed E-state index contributed by atoms with van der Waals surface area (Å²) < 4.78 is 2.13. The second-order valence-electron chi connectivity index (χ2n) is 2.54. The third-order valence-electron chi connectivity index (χ3n) is 1.84. The van der Waals surface area contributed by atoms with Gasteiger partial charge in [0.05, 0.1) is 6.04 Å². The van der Waals surface area contributed by atoms with Gasteiger partial charge in [0.15, 0.2) is 0 Å². The van der Waals surface area contributed by atoms with E-state index in [9.17, 15) is 0 Å². The fourth-order valence-electron chi connectivity index (χ4n) is 1.26. The summed E-state index contributed by atoms with van der Waals surface area (Å²) in [6.45, 7) is 2.15. The van der Waals surface area contributed by atoms with Crippen LogP contribution in [0.25, 0.3) is 6.20 Å². The zero-order valence-electron chi connectivity index (χ0n) is 5.91. The van der Waals surface area contributed by atoms with E-state index in [2.05, 4.69) is 35.1 Å². The molecule has 0 spiro atoms. The van der Waals surface area contributed by atoms with Crippen LogP contribution in [0.1, 0.15) is 18.7 Å². The second kappa shape index (κ2) is 1.90. The van der Waals surface area contributed by atoms with Crippen molar-refractivity contribution in [1.82, 2.24) is 9.88 Å². The van der Waals surface area contributed by atoms with E-state index in [1.807, 2.05) is 12.4 Å². The Labute approximate surface area is 60.2 Å². The lowest BCUT2D eigenvalue weighted by Gasteiger charge is -2.17. The summed E-state index contributed by atoms with van der Waals surface area (Å²) in [4.78, 5) is 0. The van der Waals surface area contributed by atoms with Gasteiger partial charge >= 0.3 is 0 Å². The number of nitrogens with zero attached hydrogens (tertiary/aromatic N) is 1. The fraction of sp³-hybridized carbons (Fsp3) is 0.250. The Kier molecular flexibility index (Phi) is 1.07. The van der Waals surface area contributed by atoms with Crippen LogP contribution in [0.15, 0.2) is 24.5 Å². The molecular weight excluding hydrogens is 124 g/mol. The molecule has 1 atom stereocenters. The van der Waals surface area contributed by atoms with E-state index in [0.717, 1.165) is 0 Å². The van der Waals surface area contributed by atoms with Crippen molar-refractivity contribution in [1.29, 1.82) is 0 Å². The molecule has 10 heavy (non-hydrogen) atoms. The quantitative estimate of drug-likeness (QED) is 0.570. The zero-order chi connectivity index (χ0) is 6.97. The van der Waals surface area contributed by atoms with Crippen molar-refractivity contribution < 1.29 is 0 Å². The highest BCUT2D eigenvalue weighted by Gasteiger charge is 2.08. The molecule has 1 aromatic rings. The Hall–Kier alpha value is -1.18. The molecule has 0 aliphatic carbocycles. The van der Waals surface area contributed by atoms with Gasteiger partial charge < -0.3 is 9.88 Å². The van der Waals surface area contributed by atoms with Crippen LogP contribution in [0.2, 0.25) is 0 Å². The molecule has 0 amide bonds. The Balaban J connectivity index is 2.52. The molecule has 2 rings (SSSR count). The lowest BCUT2D eigenvalue weighted by molar-refractivity contribution is 0.637. The van der Waals surface area contributed by atoms with Crippen LogP contribution < -0.4 is 5.32 Å². The van der Waals surface area contributed by atoms with Gasteiger partial charge in [0.25, 0.3) is 0 Å². The molecule has 1 aromatic heterocycles. The van der Waals surface area contributed by atoms with Gasteiger partial charge in [-0.15, -0.1) is 0 Å². The first kappa shape index (κ1) is 5.59. The minimum absolute atomic E-state index is 0.444. The molecule has 2 heterocycles. The number of hydrogen-bond acceptors (Lipinski definition) is 1. The van der Waals surface area contributed by atoms with Gasteiger partial charge in [-0.05, 0) is 19.1 Å². The molecule has 1 aliphatic rings. The van der Waals surface area contributed by atoms with Crippen LogP contribution in [0, 0.1) is 0 Å². The molecule has 2 nitrogen and oxygen atoms in total. The Morgan fingerprint density at radius 3 is 3.30 bits per heavy atom. The van der Waals surface area contributed by atoms with Crippen molar-refractivity contribution in [3.05, 3.63) is 30.2 Å². The lowest BCUT2D eigenvalue weighted by atomic mass is 10.2. The highest BCUT2D eigenvalue weighted by molar-refractivity contribution is 5.32. The Bertz CT molecular complexity index is 260. The summed E-state index contributed by atoms with van der Waals surface area (Å²) >= 11 is 0. The van der Waals surface area contributed by atoms with Crippen LogP contribution in [0.5, 0.6) is 0 Å². The van der Waals surface area contributed by atoms with Gasteiger partial charge in [-0.3, -0.25) is 0 Å². The van der Waals surface area contributed by atoms with E-state index in [1.54, 1.807) is 0 Å². The van der Waals surface area contributed by atoms with Crippen LogP contribution in [0.4, 0.5) is 0 Å². The van der Waals surface area contributed by atoms with Crippen LogP contribution in [-0.2, 0) is 0 Å². The molecule has 1 N–H and O–H groups in total. The summed E-state index contributed by atoms with van der Waals surface area (Å²) in [5, 5.41) is 3.22. The second-order valence-corrected chi connectivity index (χ2v) is 2.54. The SMILES string of the molecule is CC1NC=Cn2cccc21. The normalized spacial score (nSPS) is 21.9. The number of hydrogen-bond donors (Lipinski definition) is 1. The number of nitrogens with one attached hydrogen (secondary N) is 1. The maximum absolute atomic E-state index is 3.22. The standard InChI is InChI=1S/C8H10N2/c1-7-8-3-2-5-10(8)6-4-9-7/h2-7,9H,1H3. The highest BCUT2D eigenvalue weighted by Crippen LogP contribution is 2.16. The van der Waals surface area contributed by atoms with E-state index in [1.165, 1.54) is 5.69 Å². The summed E-state index contributed by atoms with van der Waals surface area (Å²) in [5.41, 5.74) is 1.32. The van der Waals surface area contributed by atoms with Crippen molar-refractivity contribution in [2.24, 2.45) is 0 Å². The molecule has 0 saturated carbocycles. The molecule has 0 fully saturated rings. The monoisotopic (exact) mass is 134 g/mol. The summed E-state index contributed by atoms with van der Waals surface area (Å²) in [5.74, 6) is 0. The summed E-state index contributed by atoms with van der Waals surface area (Å²) in [7, 11) is 0. The van der Waals surface area contributed by atoms with Crippen molar-refractivity contribution in [2.45, 2.75) is 13.0 Å². The molecule has 2 heteroatoms. The average Bonchev–Trinajstić information content (AvgIpc) is 2.36. The zero-order valence-corrected chi connectivity index (χ0v) is 5.91. The minimum atomic E-state index is 0.444. The van der Waals surface area contributed by atoms with Crippen LogP contribution in [-0.4, -0.2) is 4.57 Å². The van der Waals surface area contributed by atoms with Gasteiger partial charge in [-0.2, -0.15) is 0 Å². The van der Waals surface area contributed by atoms with Crippen molar-refractivity contribution in [3.63, 3.8) is 0 Å². The predicted molar refractivity (Wildman–Crippen MR) is 41.3 cm³/mol. The Morgan fingerprint density at radius 2 is 2.50 bits per heavy atom. The topological polar surface area (TPSA) is 17.0 Å². The summed E-state index contributed by atoms with van der Waals surface area (Å²) in [6, 6.07) is 4.63. The van der Waals surface area contributed by atoms with E-state index >= 15 is 0 Å². The van der Waals surface area contributed by atoms with Crippen molar-refractivity contribution >= 4 is 6.20 Å². The molecule has 0 aromatic carbocycles. The number of rotatable bonds is 0. The molecule has 1 unspecified atom stereocenters. The highest BCUT2D eigenvalue weighted by atomic mass is 15.0. The largest absolute Gasteiger partial charge is 0.382 e. The van der Waals surface area contributed by atoms with E-state index in [0.29, 0.717) is 6.04 Å². The first-order valence-electron chi connectivity index (χ1n) is 3.47. The van der Waals surface area contributed by atoms with Crippen LogP contribution >= 0.6 is 0 Å². The van der Waals surface area contributed by atoms with Gasteiger partial charge in [0.2, 0.25) is 0 Å². The van der Waals surface area contributed by atoms with Gasteiger partial charge in [0, 0.05) is 24.3 Å². The number of aromatic nitrogens is 1. The maximum atomic E-state index is 3.22. The van der Waals surface area contributed by atoms with E-state index in [-0.39, 0.29) is 0 Å². The lowest BCUT2D eigenvalue weighted by Crippen LogP contribution is -2.18. The third kappa shape index (κ3) is 0.652. The number of fused-ring (bicyclic) bond motifs is 1. The van der Waals surface area contributed by atoms with E-state index < -0.39 is 0 Å². The van der Waals surface area contributed by atoms with Crippen molar-refractivity contribution in [2.75, 3.05) is 0 Å². The molecule has 52 valence electrons. The Morgan fingerprint density at radius 1 is 1.60 bits per heavy atom. The average molecular weight is 134 g/mol. The fourth-order valence-corrected chi connectivity index (χ4v) is 1.26. The van der Waals surface area contributed by atoms with Gasteiger partial charge in [-0.1, -0.05) is 0 Å².